The van der Waals surface area contributed by atoms with Gasteiger partial charge in [-0.1, -0.05) is 42.5 Å². The highest BCUT2D eigenvalue weighted by Gasteiger charge is 1.95. The fraction of sp³-hybridized carbons (Fsp3) is 0.143. The summed E-state index contributed by atoms with van der Waals surface area (Å²) in [6.07, 6.45) is 0. The van der Waals surface area contributed by atoms with Crippen LogP contribution in [0.15, 0.2) is 54.6 Å². The topological polar surface area (TPSA) is 24.1 Å². The minimum Gasteiger partial charge on any atom is -0.321 e. The number of benzene rings is 2. The number of hydrogen-bond donors (Lipinski definition) is 2. The molecule has 0 heterocycles. The Morgan fingerprint density at radius 2 is 1.56 bits per heavy atom. The molecule has 0 atom stereocenters. The van der Waals surface area contributed by atoms with E-state index in [1.54, 1.807) is 0 Å². The van der Waals surface area contributed by atoms with Crippen molar-refractivity contribution in [3.05, 3.63) is 65.7 Å². The van der Waals surface area contributed by atoms with E-state index in [0.29, 0.717) is 0 Å². The summed E-state index contributed by atoms with van der Waals surface area (Å²) in [7, 11) is 0. The van der Waals surface area contributed by atoms with Gasteiger partial charge in [0, 0.05) is 12.2 Å². The zero-order valence-electron chi connectivity index (χ0n) is 9.40. The van der Waals surface area contributed by atoms with Gasteiger partial charge in [-0.25, -0.2) is 5.43 Å². The molecule has 0 fully saturated rings. The van der Waals surface area contributed by atoms with Crippen molar-refractivity contribution in [2.24, 2.45) is 0 Å². The summed E-state index contributed by atoms with van der Waals surface area (Å²) in [4.78, 5) is 0. The third kappa shape index (κ3) is 2.84. The molecule has 0 aliphatic rings. The monoisotopic (exact) mass is 212 g/mol. The number of nitrogens with one attached hydrogen (secondary N) is 2. The molecular weight excluding hydrogens is 196 g/mol. The SMILES string of the molecule is Cc1ccccc1CNNc1ccccc1. The Morgan fingerprint density at radius 1 is 0.875 bits per heavy atom. The minimum absolute atomic E-state index is 0.821. The van der Waals surface area contributed by atoms with E-state index < -0.39 is 0 Å². The molecule has 0 spiro atoms. The molecule has 2 N–H and O–H groups in total. The highest BCUT2D eigenvalue weighted by atomic mass is 15.3. The Labute approximate surface area is 96.3 Å². The van der Waals surface area contributed by atoms with E-state index in [-0.39, 0.29) is 0 Å². The van der Waals surface area contributed by atoms with Crippen LogP contribution in [0.1, 0.15) is 11.1 Å². The summed E-state index contributed by atoms with van der Waals surface area (Å²) in [5.41, 5.74) is 10.1. The van der Waals surface area contributed by atoms with Gasteiger partial charge in [-0.05, 0) is 30.2 Å². The normalized spacial score (nSPS) is 10.1. The summed E-state index contributed by atoms with van der Waals surface area (Å²) >= 11 is 0. The quantitative estimate of drug-likeness (QED) is 0.761. The second-order valence-electron chi connectivity index (χ2n) is 3.77. The number of para-hydroxylation sites is 1. The number of rotatable bonds is 4. The zero-order valence-corrected chi connectivity index (χ0v) is 9.40. The van der Waals surface area contributed by atoms with E-state index in [1.165, 1.54) is 11.1 Å². The van der Waals surface area contributed by atoms with Crippen molar-refractivity contribution in [2.75, 3.05) is 5.43 Å². The van der Waals surface area contributed by atoms with Crippen LogP contribution in [0, 0.1) is 6.92 Å². The Hall–Kier alpha value is -1.80. The van der Waals surface area contributed by atoms with Gasteiger partial charge in [-0.2, -0.15) is 0 Å². The van der Waals surface area contributed by atoms with Crippen LogP contribution in [-0.2, 0) is 6.54 Å². The van der Waals surface area contributed by atoms with E-state index in [0.717, 1.165) is 12.2 Å². The summed E-state index contributed by atoms with van der Waals surface area (Å²) in [5, 5.41) is 0. The molecule has 0 saturated carbocycles. The fourth-order valence-corrected chi connectivity index (χ4v) is 1.57. The van der Waals surface area contributed by atoms with Gasteiger partial charge in [0.1, 0.15) is 0 Å². The standard InChI is InChI=1S/C14H16N2/c1-12-7-5-6-8-13(12)11-15-16-14-9-3-2-4-10-14/h2-10,15-16H,11H2,1H3. The van der Waals surface area contributed by atoms with Gasteiger partial charge < -0.3 is 5.43 Å². The molecule has 82 valence electrons. The molecule has 0 radical (unpaired) electrons. The molecule has 0 unspecified atom stereocenters. The predicted octanol–water partition coefficient (Wildman–Crippen LogP) is 3.11. The van der Waals surface area contributed by atoms with Gasteiger partial charge in [0.05, 0.1) is 0 Å². The summed E-state index contributed by atoms with van der Waals surface area (Å²) < 4.78 is 0. The van der Waals surface area contributed by atoms with Gasteiger partial charge in [0.2, 0.25) is 0 Å². The molecule has 16 heavy (non-hydrogen) atoms. The van der Waals surface area contributed by atoms with Crippen molar-refractivity contribution in [3.8, 4) is 0 Å². The lowest BCUT2D eigenvalue weighted by Gasteiger charge is -2.09. The second-order valence-corrected chi connectivity index (χ2v) is 3.77. The maximum absolute atomic E-state index is 3.21. The number of anilines is 1. The molecule has 0 aliphatic heterocycles. The van der Waals surface area contributed by atoms with Crippen LogP contribution in [0.3, 0.4) is 0 Å². The van der Waals surface area contributed by atoms with E-state index in [9.17, 15) is 0 Å². The van der Waals surface area contributed by atoms with Crippen LogP contribution < -0.4 is 10.9 Å². The van der Waals surface area contributed by atoms with E-state index >= 15 is 0 Å². The molecule has 2 nitrogen and oxygen atoms in total. The average Bonchev–Trinajstić information content (AvgIpc) is 2.33. The molecule has 0 bridgehead atoms. The van der Waals surface area contributed by atoms with Gasteiger partial charge in [0.15, 0.2) is 0 Å². The van der Waals surface area contributed by atoms with Crippen molar-refractivity contribution in [1.82, 2.24) is 5.43 Å². The number of hydrogen-bond acceptors (Lipinski definition) is 2. The largest absolute Gasteiger partial charge is 0.321 e. The van der Waals surface area contributed by atoms with Crippen LogP contribution in [0.5, 0.6) is 0 Å². The second kappa shape index (κ2) is 5.33. The lowest BCUT2D eigenvalue weighted by Crippen LogP contribution is -2.21. The molecule has 0 saturated heterocycles. The first-order valence-electron chi connectivity index (χ1n) is 5.45. The molecule has 0 aromatic heterocycles. The van der Waals surface area contributed by atoms with Crippen molar-refractivity contribution in [1.29, 1.82) is 0 Å². The molecule has 0 aliphatic carbocycles. The molecule has 2 aromatic carbocycles. The van der Waals surface area contributed by atoms with E-state index in [2.05, 4.69) is 42.0 Å². The van der Waals surface area contributed by atoms with E-state index in [4.69, 9.17) is 0 Å². The van der Waals surface area contributed by atoms with Gasteiger partial charge in [-0.15, -0.1) is 0 Å². The highest BCUT2D eigenvalue weighted by molar-refractivity contribution is 5.41. The van der Waals surface area contributed by atoms with Crippen molar-refractivity contribution in [3.63, 3.8) is 0 Å². The average molecular weight is 212 g/mol. The Morgan fingerprint density at radius 3 is 2.31 bits per heavy atom. The van der Waals surface area contributed by atoms with Crippen LogP contribution in [0.2, 0.25) is 0 Å². The highest BCUT2D eigenvalue weighted by Crippen LogP contribution is 2.07. The van der Waals surface area contributed by atoms with Crippen LogP contribution in [0.25, 0.3) is 0 Å². The number of hydrazine groups is 1. The van der Waals surface area contributed by atoms with Crippen LogP contribution in [-0.4, -0.2) is 0 Å². The van der Waals surface area contributed by atoms with Crippen molar-refractivity contribution < 1.29 is 0 Å². The lowest BCUT2D eigenvalue weighted by atomic mass is 10.1. The van der Waals surface area contributed by atoms with Gasteiger partial charge in [0.25, 0.3) is 0 Å². The Bertz CT molecular complexity index is 437. The minimum atomic E-state index is 0.821. The van der Waals surface area contributed by atoms with Gasteiger partial charge in [-0.3, -0.25) is 0 Å². The molecule has 2 rings (SSSR count). The number of aryl methyl sites for hydroxylation is 1. The first-order valence-corrected chi connectivity index (χ1v) is 5.45. The van der Waals surface area contributed by atoms with Crippen molar-refractivity contribution in [2.45, 2.75) is 13.5 Å². The maximum atomic E-state index is 3.21. The molecule has 2 aromatic rings. The first kappa shape index (κ1) is 10.7. The fourth-order valence-electron chi connectivity index (χ4n) is 1.57. The summed E-state index contributed by atoms with van der Waals surface area (Å²) in [6.45, 7) is 2.95. The predicted molar refractivity (Wildman–Crippen MR) is 68.1 cm³/mol. The third-order valence-electron chi connectivity index (χ3n) is 2.55. The van der Waals surface area contributed by atoms with E-state index in [1.807, 2.05) is 30.3 Å². The lowest BCUT2D eigenvalue weighted by molar-refractivity contribution is 0.796. The zero-order chi connectivity index (χ0) is 11.2. The Balaban J connectivity index is 1.87. The van der Waals surface area contributed by atoms with Crippen LogP contribution >= 0.6 is 0 Å². The molecule has 2 heteroatoms. The smallest absolute Gasteiger partial charge is 0.0487 e. The van der Waals surface area contributed by atoms with Gasteiger partial charge >= 0.3 is 0 Å². The van der Waals surface area contributed by atoms with Crippen LogP contribution in [0.4, 0.5) is 5.69 Å². The molecular formula is C14H16N2. The maximum Gasteiger partial charge on any atom is 0.0487 e. The van der Waals surface area contributed by atoms with Crippen molar-refractivity contribution >= 4 is 5.69 Å². The summed E-state index contributed by atoms with van der Waals surface area (Å²) in [5.74, 6) is 0. The first-order chi connectivity index (χ1) is 7.86. The molecule has 0 amide bonds. The Kier molecular flexibility index (Phi) is 3.57. The third-order valence-corrected chi connectivity index (χ3v) is 2.55. The summed E-state index contributed by atoms with van der Waals surface area (Å²) in [6, 6.07) is 18.5.